The monoisotopic (exact) mass is 372 g/mol. The van der Waals surface area contributed by atoms with Crippen LogP contribution in [0.2, 0.25) is 0 Å². The molecule has 0 bridgehead atoms. The summed E-state index contributed by atoms with van der Waals surface area (Å²) in [6.45, 7) is 2.40. The molecule has 1 aromatic heterocycles. The molecule has 2 rings (SSSR count). The van der Waals surface area contributed by atoms with Gasteiger partial charge in [0, 0.05) is 15.1 Å². The van der Waals surface area contributed by atoms with Gasteiger partial charge in [-0.05, 0) is 62.5 Å². The molecule has 0 radical (unpaired) electrons. The van der Waals surface area contributed by atoms with E-state index in [4.69, 9.17) is 0 Å². The van der Waals surface area contributed by atoms with E-state index in [0.717, 1.165) is 20.2 Å². The quantitative estimate of drug-likeness (QED) is 0.845. The second-order valence-electron chi connectivity index (χ2n) is 3.92. The molecule has 0 saturated carbocycles. The highest BCUT2D eigenvalue weighted by molar-refractivity contribution is 9.11. The topological polar surface area (TPSA) is 24.9 Å². The maximum absolute atomic E-state index is 13.5. The molecule has 1 heterocycles. The van der Waals surface area contributed by atoms with Gasteiger partial charge in [-0.25, -0.2) is 4.39 Å². The van der Waals surface area contributed by atoms with Crippen molar-refractivity contribution >= 4 is 37.5 Å². The zero-order valence-corrected chi connectivity index (χ0v) is 12.8. The van der Waals surface area contributed by atoms with Gasteiger partial charge in [0.05, 0.1) is 17.9 Å². The SMILES string of the molecule is Cc1ccc(F)c(NCc2ncc(Br)cc2Br)c1. The first kappa shape index (κ1) is 13.5. The molecule has 0 aliphatic heterocycles. The Labute approximate surface area is 122 Å². The summed E-state index contributed by atoms with van der Waals surface area (Å²) < 4.78 is 15.3. The molecule has 0 aliphatic rings. The summed E-state index contributed by atoms with van der Waals surface area (Å²) in [6, 6.07) is 6.90. The van der Waals surface area contributed by atoms with Crippen molar-refractivity contribution in [1.29, 1.82) is 0 Å². The van der Waals surface area contributed by atoms with Gasteiger partial charge in [0.1, 0.15) is 5.82 Å². The minimum absolute atomic E-state index is 0.256. The second kappa shape index (κ2) is 5.80. The van der Waals surface area contributed by atoms with Crippen molar-refractivity contribution in [2.45, 2.75) is 13.5 Å². The summed E-state index contributed by atoms with van der Waals surface area (Å²) in [5.74, 6) is -0.256. The molecule has 0 aliphatic carbocycles. The zero-order chi connectivity index (χ0) is 13.1. The van der Waals surface area contributed by atoms with E-state index >= 15 is 0 Å². The predicted molar refractivity (Wildman–Crippen MR) is 78.1 cm³/mol. The van der Waals surface area contributed by atoms with Crippen LogP contribution in [0.1, 0.15) is 11.3 Å². The van der Waals surface area contributed by atoms with Crippen LogP contribution in [0.15, 0.2) is 39.4 Å². The van der Waals surface area contributed by atoms with E-state index in [2.05, 4.69) is 42.2 Å². The van der Waals surface area contributed by atoms with E-state index in [-0.39, 0.29) is 5.82 Å². The molecule has 94 valence electrons. The Balaban J connectivity index is 2.13. The highest BCUT2D eigenvalue weighted by atomic mass is 79.9. The lowest BCUT2D eigenvalue weighted by molar-refractivity contribution is 0.629. The molecule has 5 heteroatoms. The molecule has 0 spiro atoms. The number of nitrogens with one attached hydrogen (secondary N) is 1. The van der Waals surface area contributed by atoms with Gasteiger partial charge in [-0.3, -0.25) is 4.98 Å². The molecule has 0 amide bonds. The van der Waals surface area contributed by atoms with Gasteiger partial charge in [0.2, 0.25) is 0 Å². The molecule has 18 heavy (non-hydrogen) atoms. The maximum Gasteiger partial charge on any atom is 0.146 e. The summed E-state index contributed by atoms with van der Waals surface area (Å²) in [5.41, 5.74) is 2.34. The maximum atomic E-state index is 13.5. The van der Waals surface area contributed by atoms with Gasteiger partial charge in [-0.2, -0.15) is 0 Å². The van der Waals surface area contributed by atoms with E-state index in [0.29, 0.717) is 12.2 Å². The Morgan fingerprint density at radius 1 is 1.28 bits per heavy atom. The van der Waals surface area contributed by atoms with E-state index < -0.39 is 0 Å². The average molecular weight is 374 g/mol. The fourth-order valence-electron chi connectivity index (χ4n) is 1.53. The van der Waals surface area contributed by atoms with Crippen molar-refractivity contribution in [3.63, 3.8) is 0 Å². The molecule has 0 fully saturated rings. The van der Waals surface area contributed by atoms with E-state index in [1.807, 2.05) is 13.0 Å². The smallest absolute Gasteiger partial charge is 0.146 e. The molecular weight excluding hydrogens is 363 g/mol. The van der Waals surface area contributed by atoms with Crippen molar-refractivity contribution in [2.75, 3.05) is 5.32 Å². The number of benzene rings is 1. The van der Waals surface area contributed by atoms with Gasteiger partial charge < -0.3 is 5.32 Å². The minimum atomic E-state index is -0.256. The highest BCUT2D eigenvalue weighted by Crippen LogP contribution is 2.21. The number of pyridine rings is 1. The van der Waals surface area contributed by atoms with Crippen LogP contribution in [-0.4, -0.2) is 4.98 Å². The van der Waals surface area contributed by atoms with Crippen molar-refractivity contribution in [3.05, 3.63) is 56.5 Å². The fraction of sp³-hybridized carbons (Fsp3) is 0.154. The van der Waals surface area contributed by atoms with Crippen LogP contribution in [-0.2, 0) is 6.54 Å². The van der Waals surface area contributed by atoms with Crippen LogP contribution in [0.25, 0.3) is 0 Å². The van der Waals surface area contributed by atoms with Crippen molar-refractivity contribution in [1.82, 2.24) is 4.98 Å². The lowest BCUT2D eigenvalue weighted by Crippen LogP contribution is -2.04. The largest absolute Gasteiger partial charge is 0.377 e. The van der Waals surface area contributed by atoms with Gasteiger partial charge in [0.15, 0.2) is 0 Å². The number of anilines is 1. The average Bonchev–Trinajstić information content (AvgIpc) is 2.32. The number of aryl methyl sites for hydroxylation is 1. The third-order valence-corrected chi connectivity index (χ3v) is 3.57. The number of halogens is 3. The van der Waals surface area contributed by atoms with E-state index in [1.165, 1.54) is 6.07 Å². The van der Waals surface area contributed by atoms with Crippen molar-refractivity contribution in [3.8, 4) is 0 Å². The Bertz CT molecular complexity index is 573. The highest BCUT2D eigenvalue weighted by Gasteiger charge is 2.05. The van der Waals surface area contributed by atoms with Gasteiger partial charge >= 0.3 is 0 Å². The molecule has 2 nitrogen and oxygen atoms in total. The second-order valence-corrected chi connectivity index (χ2v) is 5.69. The molecule has 1 N–H and O–H groups in total. The van der Waals surface area contributed by atoms with Crippen LogP contribution >= 0.6 is 31.9 Å². The zero-order valence-electron chi connectivity index (χ0n) is 9.67. The van der Waals surface area contributed by atoms with Crippen LogP contribution in [0.3, 0.4) is 0 Å². The molecule has 0 saturated heterocycles. The third kappa shape index (κ3) is 3.29. The van der Waals surface area contributed by atoms with Crippen molar-refractivity contribution < 1.29 is 4.39 Å². The molecule has 0 atom stereocenters. The summed E-state index contributed by atoms with van der Waals surface area (Å²) >= 11 is 6.77. The van der Waals surface area contributed by atoms with Crippen LogP contribution in [0, 0.1) is 12.7 Å². The number of hydrogen-bond acceptors (Lipinski definition) is 2. The fourth-order valence-corrected chi connectivity index (χ4v) is 2.65. The number of nitrogens with zero attached hydrogens (tertiary/aromatic N) is 1. The summed E-state index contributed by atoms with van der Waals surface area (Å²) in [7, 11) is 0. The predicted octanol–water partition coefficient (Wildman–Crippen LogP) is 4.67. The molecule has 0 unspecified atom stereocenters. The number of rotatable bonds is 3. The van der Waals surface area contributed by atoms with Crippen LogP contribution in [0.4, 0.5) is 10.1 Å². The van der Waals surface area contributed by atoms with Crippen molar-refractivity contribution in [2.24, 2.45) is 0 Å². The first-order chi connectivity index (χ1) is 8.56. The Morgan fingerprint density at radius 3 is 2.78 bits per heavy atom. The van der Waals surface area contributed by atoms with E-state index in [9.17, 15) is 4.39 Å². The summed E-state index contributed by atoms with van der Waals surface area (Å²) in [4.78, 5) is 4.27. The van der Waals surface area contributed by atoms with Crippen LogP contribution < -0.4 is 5.32 Å². The number of hydrogen-bond donors (Lipinski definition) is 1. The molecule has 1 aromatic carbocycles. The summed E-state index contributed by atoms with van der Waals surface area (Å²) in [5, 5.41) is 3.05. The number of aromatic nitrogens is 1. The summed E-state index contributed by atoms with van der Waals surface area (Å²) in [6.07, 6.45) is 1.72. The molecular formula is C13H11Br2FN2. The third-order valence-electron chi connectivity index (χ3n) is 2.45. The van der Waals surface area contributed by atoms with Gasteiger partial charge in [-0.15, -0.1) is 0 Å². The Kier molecular flexibility index (Phi) is 4.35. The Hall–Kier alpha value is -0.940. The first-order valence-electron chi connectivity index (χ1n) is 5.36. The van der Waals surface area contributed by atoms with Crippen LogP contribution in [0.5, 0.6) is 0 Å². The van der Waals surface area contributed by atoms with Gasteiger partial charge in [-0.1, -0.05) is 6.07 Å². The van der Waals surface area contributed by atoms with Gasteiger partial charge in [0.25, 0.3) is 0 Å². The first-order valence-corrected chi connectivity index (χ1v) is 6.95. The minimum Gasteiger partial charge on any atom is -0.377 e. The normalized spacial score (nSPS) is 10.4. The standard InChI is InChI=1S/C13H11Br2FN2/c1-8-2-3-11(16)12(4-8)18-7-13-10(15)5-9(14)6-17-13/h2-6,18H,7H2,1H3. The lowest BCUT2D eigenvalue weighted by atomic mass is 10.2. The van der Waals surface area contributed by atoms with E-state index in [1.54, 1.807) is 18.3 Å². The lowest BCUT2D eigenvalue weighted by Gasteiger charge is -2.09. The molecule has 2 aromatic rings. The Morgan fingerprint density at radius 2 is 2.06 bits per heavy atom.